The van der Waals surface area contributed by atoms with Crippen molar-refractivity contribution in [1.29, 1.82) is 0 Å². The summed E-state index contributed by atoms with van der Waals surface area (Å²) < 4.78 is 38.7. The number of piperidine rings is 1. The van der Waals surface area contributed by atoms with Crippen molar-refractivity contribution in [3.05, 3.63) is 35.8 Å². The number of H-pyrrole nitrogens is 1. The Morgan fingerprint density at radius 3 is 2.68 bits per heavy atom. The van der Waals surface area contributed by atoms with E-state index >= 15 is 0 Å². The van der Waals surface area contributed by atoms with Gasteiger partial charge < -0.3 is 9.88 Å². The highest BCUT2D eigenvalue weighted by atomic mass is 32.2. The molecule has 1 saturated heterocycles. The van der Waals surface area contributed by atoms with Gasteiger partial charge in [-0.25, -0.2) is 17.1 Å². The Balaban J connectivity index is 1.71. The van der Waals surface area contributed by atoms with Gasteiger partial charge in [-0.05, 0) is 38.0 Å². The van der Waals surface area contributed by atoms with Crippen molar-refractivity contribution in [1.82, 2.24) is 14.2 Å². The molecule has 0 bridgehead atoms. The van der Waals surface area contributed by atoms with Crippen LogP contribution in [0.2, 0.25) is 0 Å². The molecule has 8 heteroatoms. The third-order valence-electron chi connectivity index (χ3n) is 4.94. The van der Waals surface area contributed by atoms with Crippen molar-refractivity contribution in [2.75, 3.05) is 25.9 Å². The Bertz CT molecular complexity index is 886. The van der Waals surface area contributed by atoms with Crippen molar-refractivity contribution < 1.29 is 17.6 Å². The molecule has 3 rings (SSSR count). The van der Waals surface area contributed by atoms with Crippen LogP contribution in [-0.2, 0) is 10.0 Å². The van der Waals surface area contributed by atoms with E-state index in [0.29, 0.717) is 42.4 Å². The summed E-state index contributed by atoms with van der Waals surface area (Å²) in [5, 5.41) is 0.694. The second-order valence-electron chi connectivity index (χ2n) is 6.33. The van der Waals surface area contributed by atoms with Crippen LogP contribution >= 0.6 is 0 Å². The van der Waals surface area contributed by atoms with E-state index in [2.05, 4.69) is 4.98 Å². The average Bonchev–Trinajstić information content (AvgIpc) is 3.03. The number of nitrogens with one attached hydrogen (secondary N) is 1. The highest BCUT2D eigenvalue weighted by Crippen LogP contribution is 2.24. The molecule has 0 unspecified atom stereocenters. The molecule has 2 heterocycles. The zero-order valence-corrected chi connectivity index (χ0v) is 15.1. The zero-order valence-electron chi connectivity index (χ0n) is 14.3. The largest absolute Gasteiger partial charge is 0.360 e. The lowest BCUT2D eigenvalue weighted by molar-refractivity contribution is 0.0688. The Morgan fingerprint density at radius 2 is 2.04 bits per heavy atom. The van der Waals surface area contributed by atoms with Crippen LogP contribution in [0.1, 0.15) is 30.1 Å². The number of fused-ring (bicyclic) bond motifs is 1. The minimum Gasteiger partial charge on any atom is -0.360 e. The first-order chi connectivity index (χ1) is 11.8. The van der Waals surface area contributed by atoms with Gasteiger partial charge in [-0.2, -0.15) is 0 Å². The van der Waals surface area contributed by atoms with Crippen LogP contribution in [0.5, 0.6) is 0 Å². The number of sulfonamides is 1. The number of aromatic nitrogens is 1. The van der Waals surface area contributed by atoms with Crippen LogP contribution < -0.4 is 0 Å². The van der Waals surface area contributed by atoms with Gasteiger partial charge in [0.1, 0.15) is 5.82 Å². The van der Waals surface area contributed by atoms with E-state index in [9.17, 15) is 17.6 Å². The van der Waals surface area contributed by atoms with E-state index in [4.69, 9.17) is 0 Å². The van der Waals surface area contributed by atoms with Crippen molar-refractivity contribution in [2.24, 2.45) is 0 Å². The van der Waals surface area contributed by atoms with Crippen LogP contribution in [0, 0.1) is 5.82 Å². The predicted octanol–water partition coefficient (Wildman–Crippen LogP) is 2.19. The van der Waals surface area contributed by atoms with Gasteiger partial charge in [-0.3, -0.25) is 4.79 Å². The van der Waals surface area contributed by atoms with Crippen molar-refractivity contribution in [3.8, 4) is 0 Å². The fourth-order valence-corrected chi connectivity index (χ4v) is 4.38. The lowest BCUT2D eigenvalue weighted by atomic mass is 10.0. The minimum absolute atomic E-state index is 0.0777. The average molecular weight is 367 g/mol. The predicted molar refractivity (Wildman–Crippen MR) is 94.4 cm³/mol. The fraction of sp³-hybridized carbons (Fsp3) is 0.471. The summed E-state index contributed by atoms with van der Waals surface area (Å²) in [5.74, 6) is -0.388. The molecular weight excluding hydrogens is 345 g/mol. The highest BCUT2D eigenvalue weighted by Gasteiger charge is 2.31. The maximum Gasteiger partial charge on any atom is 0.256 e. The molecular formula is C17H22FN3O3S. The van der Waals surface area contributed by atoms with Gasteiger partial charge in [0, 0.05) is 43.3 Å². The van der Waals surface area contributed by atoms with E-state index in [0.717, 1.165) is 0 Å². The van der Waals surface area contributed by atoms with Crippen molar-refractivity contribution >= 4 is 26.8 Å². The molecule has 1 aliphatic heterocycles. The van der Waals surface area contributed by atoms with Crippen molar-refractivity contribution in [3.63, 3.8) is 0 Å². The molecule has 136 valence electrons. The number of hydrogen-bond acceptors (Lipinski definition) is 3. The third kappa shape index (κ3) is 3.41. The first kappa shape index (κ1) is 17.9. The first-order valence-electron chi connectivity index (χ1n) is 8.35. The van der Waals surface area contributed by atoms with E-state index in [1.807, 2.05) is 0 Å². The van der Waals surface area contributed by atoms with Gasteiger partial charge in [0.25, 0.3) is 5.91 Å². The highest BCUT2D eigenvalue weighted by molar-refractivity contribution is 7.89. The smallest absolute Gasteiger partial charge is 0.256 e. The first-order valence-corrected chi connectivity index (χ1v) is 9.96. The number of rotatable bonds is 4. The van der Waals surface area contributed by atoms with Gasteiger partial charge in [-0.1, -0.05) is 0 Å². The Kier molecular flexibility index (Phi) is 4.83. The molecule has 0 saturated carbocycles. The van der Waals surface area contributed by atoms with Gasteiger partial charge in [0.05, 0.1) is 11.3 Å². The van der Waals surface area contributed by atoms with Crippen LogP contribution in [0.25, 0.3) is 10.9 Å². The molecule has 1 fully saturated rings. The number of halogens is 1. The lowest BCUT2D eigenvalue weighted by Gasteiger charge is -2.36. The lowest BCUT2D eigenvalue weighted by Crippen LogP contribution is -2.47. The number of amides is 1. The Hall–Kier alpha value is -1.93. The summed E-state index contributed by atoms with van der Waals surface area (Å²) in [6, 6.07) is 4.22. The van der Waals surface area contributed by atoms with E-state index in [1.54, 1.807) is 31.1 Å². The van der Waals surface area contributed by atoms with E-state index in [1.165, 1.54) is 16.4 Å². The van der Waals surface area contributed by atoms with Crippen LogP contribution in [0.15, 0.2) is 24.4 Å². The monoisotopic (exact) mass is 367 g/mol. The molecule has 6 nitrogen and oxygen atoms in total. The normalized spacial score (nSPS) is 16.7. The molecule has 1 amide bonds. The molecule has 2 aromatic rings. The van der Waals surface area contributed by atoms with Gasteiger partial charge in [0.2, 0.25) is 10.0 Å². The Morgan fingerprint density at radius 1 is 1.36 bits per heavy atom. The van der Waals surface area contributed by atoms with Crippen LogP contribution in [-0.4, -0.2) is 60.4 Å². The summed E-state index contributed by atoms with van der Waals surface area (Å²) in [6.45, 7) is 2.63. The third-order valence-corrected chi connectivity index (χ3v) is 6.85. The molecule has 0 aliphatic carbocycles. The number of benzene rings is 1. The topological polar surface area (TPSA) is 73.5 Å². The number of likely N-dealkylation sites (tertiary alicyclic amines) is 1. The maximum absolute atomic E-state index is 13.3. The minimum atomic E-state index is -3.22. The second-order valence-corrected chi connectivity index (χ2v) is 8.65. The fourth-order valence-electron chi connectivity index (χ4n) is 3.31. The standard InChI is InChI=1S/C17H22FN3O3S/c1-3-25(23,24)20(2)13-6-8-21(9-7-13)17(22)15-11-19-16-10-12(18)4-5-14(15)16/h4-5,10-11,13,19H,3,6-9H2,1-2H3. The van der Waals surface area contributed by atoms with Gasteiger partial charge >= 0.3 is 0 Å². The number of hydrogen-bond donors (Lipinski definition) is 1. The number of nitrogens with zero attached hydrogens (tertiary/aromatic N) is 2. The molecule has 0 atom stereocenters. The summed E-state index contributed by atoms with van der Waals surface area (Å²) in [7, 11) is -1.62. The van der Waals surface area contributed by atoms with Crippen LogP contribution in [0.3, 0.4) is 0 Å². The summed E-state index contributed by atoms with van der Waals surface area (Å²) in [6.07, 6.45) is 2.82. The zero-order chi connectivity index (χ0) is 18.2. The molecule has 1 N–H and O–H groups in total. The molecule has 0 spiro atoms. The maximum atomic E-state index is 13.3. The Labute approximate surface area is 146 Å². The SMILES string of the molecule is CCS(=O)(=O)N(C)C1CCN(C(=O)c2c[nH]c3cc(F)ccc23)CC1. The molecule has 1 aromatic carbocycles. The number of carbonyl (C=O) groups excluding carboxylic acids is 1. The molecule has 1 aromatic heterocycles. The van der Waals surface area contributed by atoms with E-state index < -0.39 is 10.0 Å². The summed E-state index contributed by atoms with van der Waals surface area (Å²) >= 11 is 0. The van der Waals surface area contributed by atoms with E-state index in [-0.39, 0.29) is 23.5 Å². The van der Waals surface area contributed by atoms with Gasteiger partial charge in [0.15, 0.2) is 0 Å². The number of aromatic amines is 1. The van der Waals surface area contributed by atoms with Gasteiger partial charge in [-0.15, -0.1) is 0 Å². The number of carbonyl (C=O) groups is 1. The molecule has 25 heavy (non-hydrogen) atoms. The second kappa shape index (κ2) is 6.76. The van der Waals surface area contributed by atoms with Crippen molar-refractivity contribution in [2.45, 2.75) is 25.8 Å². The molecule has 0 radical (unpaired) electrons. The summed E-state index contributed by atoms with van der Waals surface area (Å²) in [5.41, 5.74) is 1.11. The molecule has 1 aliphatic rings. The summed E-state index contributed by atoms with van der Waals surface area (Å²) in [4.78, 5) is 17.4. The quantitative estimate of drug-likeness (QED) is 0.900. The van der Waals surface area contributed by atoms with Crippen LogP contribution in [0.4, 0.5) is 4.39 Å².